The summed E-state index contributed by atoms with van der Waals surface area (Å²) < 4.78 is 20.0. The molecule has 0 fully saturated rings. The Morgan fingerprint density at radius 1 is 1.19 bits per heavy atom. The van der Waals surface area contributed by atoms with Crippen LogP contribution in [0.15, 0.2) is 66.9 Å². The number of nitrogens with one attached hydrogen (secondary N) is 1. The summed E-state index contributed by atoms with van der Waals surface area (Å²) >= 11 is 0. The van der Waals surface area contributed by atoms with E-state index in [2.05, 4.69) is 10.3 Å². The number of amides is 1. The number of rotatable bonds is 7. The number of fused-ring (bicyclic) bond motifs is 1. The fraction of sp³-hybridized carbons (Fsp3) is 0.182. The number of benzene rings is 2. The van der Waals surface area contributed by atoms with Crippen LogP contribution in [0.2, 0.25) is 0 Å². The van der Waals surface area contributed by atoms with Gasteiger partial charge in [0.05, 0.1) is 5.52 Å². The van der Waals surface area contributed by atoms with Gasteiger partial charge in [0.25, 0.3) is 5.91 Å². The van der Waals surface area contributed by atoms with Crippen molar-refractivity contribution in [2.75, 3.05) is 6.61 Å². The van der Waals surface area contributed by atoms with Crippen molar-refractivity contribution in [1.29, 1.82) is 0 Å². The zero-order valence-corrected chi connectivity index (χ0v) is 15.1. The van der Waals surface area contributed by atoms with E-state index in [4.69, 9.17) is 4.74 Å². The number of carbonyl (C=O) groups is 1. The molecule has 138 valence electrons. The molecule has 0 radical (unpaired) electrons. The standard InChI is InChI=1S/C22H21FN2O2/c1-2-3-4-13-27-20-9-5-7-18(21(20)23)15-25-22(26)17-10-11-19-16(14-17)8-6-12-24-19/h3-12,14H,2,13,15H2,1H3,(H,25,26). The quantitative estimate of drug-likeness (QED) is 0.621. The topological polar surface area (TPSA) is 51.2 Å². The molecular formula is C22H21FN2O2. The first-order chi connectivity index (χ1) is 13.2. The van der Waals surface area contributed by atoms with Gasteiger partial charge in [-0.1, -0.05) is 37.3 Å². The smallest absolute Gasteiger partial charge is 0.251 e. The van der Waals surface area contributed by atoms with Crippen LogP contribution in [0.3, 0.4) is 0 Å². The largest absolute Gasteiger partial charge is 0.486 e. The molecule has 1 amide bonds. The Balaban J connectivity index is 1.66. The molecule has 1 aromatic heterocycles. The van der Waals surface area contributed by atoms with Crippen LogP contribution >= 0.6 is 0 Å². The first kappa shape index (κ1) is 18.6. The van der Waals surface area contributed by atoms with Crippen LogP contribution in [0, 0.1) is 5.82 Å². The number of nitrogens with zero attached hydrogens (tertiary/aromatic N) is 1. The van der Waals surface area contributed by atoms with Crippen LogP contribution < -0.4 is 10.1 Å². The lowest BCUT2D eigenvalue weighted by Crippen LogP contribution is -2.23. The summed E-state index contributed by atoms with van der Waals surface area (Å²) in [4.78, 5) is 16.6. The molecule has 27 heavy (non-hydrogen) atoms. The lowest BCUT2D eigenvalue weighted by atomic mass is 10.1. The van der Waals surface area contributed by atoms with E-state index in [1.807, 2.05) is 31.2 Å². The highest BCUT2D eigenvalue weighted by Gasteiger charge is 2.11. The summed E-state index contributed by atoms with van der Waals surface area (Å²) in [5.41, 5.74) is 1.71. The summed E-state index contributed by atoms with van der Waals surface area (Å²) in [7, 11) is 0. The minimum Gasteiger partial charge on any atom is -0.486 e. The van der Waals surface area contributed by atoms with Crippen LogP contribution in [0.1, 0.15) is 29.3 Å². The van der Waals surface area contributed by atoms with Crippen molar-refractivity contribution in [2.24, 2.45) is 0 Å². The van der Waals surface area contributed by atoms with Gasteiger partial charge in [0, 0.05) is 29.3 Å². The molecule has 1 N–H and O–H groups in total. The van der Waals surface area contributed by atoms with Gasteiger partial charge < -0.3 is 10.1 Å². The molecule has 3 rings (SSSR count). The van der Waals surface area contributed by atoms with Crippen molar-refractivity contribution in [3.63, 3.8) is 0 Å². The number of carbonyl (C=O) groups excluding carboxylic acids is 1. The Labute approximate surface area is 157 Å². The maximum Gasteiger partial charge on any atom is 0.251 e. The van der Waals surface area contributed by atoms with Crippen molar-refractivity contribution < 1.29 is 13.9 Å². The monoisotopic (exact) mass is 364 g/mol. The number of allylic oxidation sites excluding steroid dienone is 1. The molecule has 0 saturated carbocycles. The molecular weight excluding hydrogens is 343 g/mol. The van der Waals surface area contributed by atoms with Crippen LogP contribution in [-0.4, -0.2) is 17.5 Å². The summed E-state index contributed by atoms with van der Waals surface area (Å²) in [6, 6.07) is 13.9. The highest BCUT2D eigenvalue weighted by molar-refractivity contribution is 5.97. The van der Waals surface area contributed by atoms with Crippen LogP contribution in [0.5, 0.6) is 5.75 Å². The SMILES string of the molecule is CCC=CCOc1cccc(CNC(=O)c2ccc3ncccc3c2)c1F. The number of hydrogen-bond acceptors (Lipinski definition) is 3. The number of pyridine rings is 1. The van der Waals surface area contributed by atoms with Crippen molar-refractivity contribution in [2.45, 2.75) is 19.9 Å². The third kappa shape index (κ3) is 4.70. The third-order valence-corrected chi connectivity index (χ3v) is 4.09. The van der Waals surface area contributed by atoms with Gasteiger partial charge in [-0.25, -0.2) is 4.39 Å². The average Bonchev–Trinajstić information content (AvgIpc) is 2.70. The molecule has 0 saturated heterocycles. The number of aromatic nitrogens is 1. The van der Waals surface area contributed by atoms with Crippen molar-refractivity contribution in [3.8, 4) is 5.75 Å². The Hall–Kier alpha value is -3.21. The molecule has 0 aliphatic rings. The number of ether oxygens (including phenoxy) is 1. The van der Waals surface area contributed by atoms with Gasteiger partial charge in [-0.05, 0) is 36.8 Å². The molecule has 4 nitrogen and oxygen atoms in total. The molecule has 0 unspecified atom stereocenters. The van der Waals surface area contributed by atoms with Gasteiger partial charge >= 0.3 is 0 Å². The minimum absolute atomic E-state index is 0.0811. The number of hydrogen-bond donors (Lipinski definition) is 1. The lowest BCUT2D eigenvalue weighted by Gasteiger charge is -2.10. The Kier molecular flexibility index (Phi) is 6.15. The molecule has 2 aromatic carbocycles. The van der Waals surface area contributed by atoms with Gasteiger partial charge in [-0.3, -0.25) is 9.78 Å². The first-order valence-electron chi connectivity index (χ1n) is 8.87. The predicted molar refractivity (Wildman–Crippen MR) is 104 cm³/mol. The maximum atomic E-state index is 14.5. The summed E-state index contributed by atoms with van der Waals surface area (Å²) in [5.74, 6) is -0.540. The predicted octanol–water partition coefficient (Wildman–Crippen LogP) is 4.65. The van der Waals surface area contributed by atoms with E-state index in [1.165, 1.54) is 0 Å². The molecule has 1 heterocycles. The second kappa shape index (κ2) is 8.94. The van der Waals surface area contributed by atoms with Gasteiger partial charge in [0.15, 0.2) is 11.6 Å². The third-order valence-electron chi connectivity index (χ3n) is 4.09. The zero-order chi connectivity index (χ0) is 19.1. The molecule has 0 aliphatic heterocycles. The van der Waals surface area contributed by atoms with Crippen molar-refractivity contribution in [1.82, 2.24) is 10.3 Å². The van der Waals surface area contributed by atoms with Crippen molar-refractivity contribution in [3.05, 3.63) is 83.8 Å². The molecule has 5 heteroatoms. The molecule has 0 spiro atoms. The van der Waals surface area contributed by atoms with Crippen LogP contribution in [0.4, 0.5) is 4.39 Å². The molecule has 3 aromatic rings. The van der Waals surface area contributed by atoms with Gasteiger partial charge in [-0.2, -0.15) is 0 Å². The van der Waals surface area contributed by atoms with Gasteiger partial charge in [0.2, 0.25) is 0 Å². The van der Waals surface area contributed by atoms with E-state index < -0.39 is 5.82 Å². The van der Waals surface area contributed by atoms with Gasteiger partial charge in [-0.15, -0.1) is 0 Å². The fourth-order valence-corrected chi connectivity index (χ4v) is 2.67. The molecule has 0 atom stereocenters. The Bertz CT molecular complexity index is 969. The summed E-state index contributed by atoms with van der Waals surface area (Å²) in [5, 5.41) is 3.64. The maximum absolute atomic E-state index is 14.5. The van der Waals surface area contributed by atoms with Gasteiger partial charge in [0.1, 0.15) is 6.61 Å². The normalized spacial score (nSPS) is 11.0. The second-order valence-corrected chi connectivity index (χ2v) is 6.01. The fourth-order valence-electron chi connectivity index (χ4n) is 2.67. The van der Waals surface area contributed by atoms with E-state index in [0.29, 0.717) is 17.7 Å². The van der Waals surface area contributed by atoms with Crippen LogP contribution in [0.25, 0.3) is 10.9 Å². The lowest BCUT2D eigenvalue weighted by molar-refractivity contribution is 0.0950. The van der Waals surface area contributed by atoms with E-state index in [-0.39, 0.29) is 18.2 Å². The van der Waals surface area contributed by atoms with Crippen molar-refractivity contribution >= 4 is 16.8 Å². The van der Waals surface area contributed by atoms with E-state index in [9.17, 15) is 9.18 Å². The zero-order valence-electron chi connectivity index (χ0n) is 15.1. The Morgan fingerprint density at radius 3 is 2.93 bits per heavy atom. The highest BCUT2D eigenvalue weighted by atomic mass is 19.1. The second-order valence-electron chi connectivity index (χ2n) is 6.01. The van der Waals surface area contributed by atoms with E-state index in [0.717, 1.165) is 17.3 Å². The average molecular weight is 364 g/mol. The van der Waals surface area contributed by atoms with E-state index >= 15 is 0 Å². The summed E-state index contributed by atoms with van der Waals surface area (Å²) in [6.07, 6.45) is 6.42. The first-order valence-corrected chi connectivity index (χ1v) is 8.87. The van der Waals surface area contributed by atoms with E-state index in [1.54, 1.807) is 42.6 Å². The molecule has 0 bridgehead atoms. The number of halogens is 1. The summed E-state index contributed by atoms with van der Waals surface area (Å²) in [6.45, 7) is 2.41. The molecule has 0 aliphatic carbocycles. The Morgan fingerprint density at radius 2 is 2.07 bits per heavy atom. The highest BCUT2D eigenvalue weighted by Crippen LogP contribution is 2.21. The minimum atomic E-state index is -0.453. The van der Waals surface area contributed by atoms with Crippen LogP contribution in [-0.2, 0) is 6.54 Å².